The minimum Gasteiger partial charge on any atom is -0.352 e. The van der Waals surface area contributed by atoms with Crippen molar-refractivity contribution in [1.29, 1.82) is 0 Å². The molecule has 0 saturated carbocycles. The molecule has 0 atom stereocenters. The lowest BCUT2D eigenvalue weighted by Gasteiger charge is -2.35. The molecule has 148 valence electrons. The maximum absolute atomic E-state index is 14.3. The standard InChI is InChI=1S/C22H20F2N4O/c1-3-21(29)27-6-8-28(9-7-27)22-18-10-14(2)17(12-20(18)25-13-26-22)16-5-4-15(23)11-19(16)24/h3-5,10-13H,1,6-9H2,2H3. The van der Waals surface area contributed by atoms with Crippen LogP contribution in [-0.2, 0) is 4.79 Å². The molecular formula is C22H20F2N4O. The van der Waals surface area contributed by atoms with Crippen LogP contribution in [0.3, 0.4) is 0 Å². The molecule has 0 N–H and O–H groups in total. The summed E-state index contributed by atoms with van der Waals surface area (Å²) < 4.78 is 27.6. The van der Waals surface area contributed by atoms with Crippen molar-refractivity contribution in [3.63, 3.8) is 0 Å². The molecule has 2 aromatic carbocycles. The molecule has 1 aliphatic rings. The van der Waals surface area contributed by atoms with Crippen molar-refractivity contribution < 1.29 is 13.6 Å². The fourth-order valence-corrected chi connectivity index (χ4v) is 3.72. The molecule has 3 aromatic rings. The fraction of sp³-hybridized carbons (Fsp3) is 0.227. The zero-order valence-electron chi connectivity index (χ0n) is 16.0. The predicted octanol–water partition coefficient (Wildman–Crippen LogP) is 3.72. The number of aromatic nitrogens is 2. The van der Waals surface area contributed by atoms with E-state index in [0.29, 0.717) is 42.8 Å². The molecule has 1 amide bonds. The second-order valence-electron chi connectivity index (χ2n) is 7.02. The normalized spacial score (nSPS) is 14.3. The van der Waals surface area contributed by atoms with Gasteiger partial charge in [-0.2, -0.15) is 0 Å². The number of anilines is 1. The van der Waals surface area contributed by atoms with Gasteiger partial charge in [-0.05, 0) is 48.4 Å². The van der Waals surface area contributed by atoms with Crippen LogP contribution in [0.4, 0.5) is 14.6 Å². The van der Waals surface area contributed by atoms with Gasteiger partial charge in [0.2, 0.25) is 5.91 Å². The number of piperazine rings is 1. The van der Waals surface area contributed by atoms with Gasteiger partial charge >= 0.3 is 0 Å². The number of benzene rings is 2. The van der Waals surface area contributed by atoms with E-state index in [-0.39, 0.29) is 5.91 Å². The lowest BCUT2D eigenvalue weighted by molar-refractivity contribution is -0.126. The number of hydrogen-bond donors (Lipinski definition) is 0. The third kappa shape index (κ3) is 3.55. The van der Waals surface area contributed by atoms with Crippen molar-refractivity contribution in [3.8, 4) is 11.1 Å². The van der Waals surface area contributed by atoms with Crippen LogP contribution in [0.25, 0.3) is 22.0 Å². The van der Waals surface area contributed by atoms with Gasteiger partial charge in [-0.1, -0.05) is 6.58 Å². The molecule has 2 heterocycles. The molecule has 0 radical (unpaired) electrons. The van der Waals surface area contributed by atoms with E-state index in [2.05, 4.69) is 21.4 Å². The van der Waals surface area contributed by atoms with Crippen molar-refractivity contribution >= 4 is 22.6 Å². The molecule has 1 aliphatic heterocycles. The third-order valence-corrected chi connectivity index (χ3v) is 5.25. The highest BCUT2D eigenvalue weighted by molar-refractivity contribution is 5.94. The summed E-state index contributed by atoms with van der Waals surface area (Å²) >= 11 is 0. The molecule has 4 rings (SSSR count). The largest absolute Gasteiger partial charge is 0.352 e. The van der Waals surface area contributed by atoms with Crippen molar-refractivity contribution in [3.05, 3.63) is 66.5 Å². The number of hydrogen-bond acceptors (Lipinski definition) is 4. The second-order valence-corrected chi connectivity index (χ2v) is 7.02. The van der Waals surface area contributed by atoms with E-state index in [4.69, 9.17) is 0 Å². The first-order valence-electron chi connectivity index (χ1n) is 9.35. The summed E-state index contributed by atoms with van der Waals surface area (Å²) in [5.74, 6) is -0.498. The molecule has 5 nitrogen and oxygen atoms in total. The molecule has 1 aromatic heterocycles. The van der Waals surface area contributed by atoms with Crippen LogP contribution >= 0.6 is 0 Å². The Morgan fingerprint density at radius 1 is 1.07 bits per heavy atom. The van der Waals surface area contributed by atoms with E-state index >= 15 is 0 Å². The average Bonchev–Trinajstić information content (AvgIpc) is 2.73. The van der Waals surface area contributed by atoms with Crippen molar-refractivity contribution in [1.82, 2.24) is 14.9 Å². The van der Waals surface area contributed by atoms with Crippen molar-refractivity contribution in [2.24, 2.45) is 0 Å². The van der Waals surface area contributed by atoms with Crippen LogP contribution in [-0.4, -0.2) is 47.0 Å². The number of amides is 1. The minimum absolute atomic E-state index is 0.0704. The Balaban J connectivity index is 1.70. The summed E-state index contributed by atoms with van der Waals surface area (Å²) in [5, 5.41) is 0.861. The van der Waals surface area contributed by atoms with E-state index in [1.165, 1.54) is 24.5 Å². The zero-order chi connectivity index (χ0) is 20.5. The van der Waals surface area contributed by atoms with Gasteiger partial charge in [-0.25, -0.2) is 18.7 Å². The average molecular weight is 394 g/mol. The molecule has 0 unspecified atom stereocenters. The van der Waals surface area contributed by atoms with Crippen LogP contribution in [0.2, 0.25) is 0 Å². The monoisotopic (exact) mass is 394 g/mol. The predicted molar refractivity (Wildman–Crippen MR) is 109 cm³/mol. The molecule has 1 fully saturated rings. The first kappa shape index (κ1) is 19.0. The van der Waals surface area contributed by atoms with Crippen LogP contribution in [0, 0.1) is 18.6 Å². The number of carbonyl (C=O) groups is 1. The first-order chi connectivity index (χ1) is 14.0. The molecular weight excluding hydrogens is 374 g/mol. The van der Waals surface area contributed by atoms with Gasteiger partial charge < -0.3 is 9.80 Å². The SMILES string of the molecule is C=CC(=O)N1CCN(c2ncnc3cc(-c4ccc(F)cc4F)c(C)cc23)CC1. The zero-order valence-corrected chi connectivity index (χ0v) is 16.0. The van der Waals surface area contributed by atoms with Crippen LogP contribution in [0.5, 0.6) is 0 Å². The number of halogens is 2. The van der Waals surface area contributed by atoms with Crippen molar-refractivity contribution in [2.45, 2.75) is 6.92 Å². The Morgan fingerprint density at radius 2 is 1.83 bits per heavy atom. The summed E-state index contributed by atoms with van der Waals surface area (Å²) in [6, 6.07) is 7.32. The summed E-state index contributed by atoms with van der Waals surface area (Å²) in [4.78, 5) is 24.5. The highest BCUT2D eigenvalue weighted by Gasteiger charge is 2.22. The Bertz CT molecular complexity index is 1110. The highest BCUT2D eigenvalue weighted by Crippen LogP contribution is 2.33. The third-order valence-electron chi connectivity index (χ3n) is 5.25. The molecule has 0 spiro atoms. The fourth-order valence-electron chi connectivity index (χ4n) is 3.72. The van der Waals surface area contributed by atoms with Crippen molar-refractivity contribution in [2.75, 3.05) is 31.1 Å². The quantitative estimate of drug-likeness (QED) is 0.636. The Morgan fingerprint density at radius 3 is 2.52 bits per heavy atom. The molecule has 0 aliphatic carbocycles. The van der Waals surface area contributed by atoms with E-state index in [9.17, 15) is 13.6 Å². The summed E-state index contributed by atoms with van der Waals surface area (Å²) in [6.45, 7) is 7.91. The Labute approximate surface area is 167 Å². The summed E-state index contributed by atoms with van der Waals surface area (Å²) in [7, 11) is 0. The van der Waals surface area contributed by atoms with Gasteiger partial charge in [0, 0.05) is 43.2 Å². The topological polar surface area (TPSA) is 49.3 Å². The van der Waals surface area contributed by atoms with Crippen LogP contribution in [0.15, 0.2) is 49.3 Å². The number of rotatable bonds is 3. The summed E-state index contributed by atoms with van der Waals surface area (Å²) in [6.07, 6.45) is 2.81. The van der Waals surface area contributed by atoms with Gasteiger partial charge in [0.1, 0.15) is 23.8 Å². The van der Waals surface area contributed by atoms with E-state index in [1.54, 1.807) is 4.90 Å². The van der Waals surface area contributed by atoms with Gasteiger partial charge in [0.05, 0.1) is 5.52 Å². The smallest absolute Gasteiger partial charge is 0.246 e. The number of aryl methyl sites for hydroxylation is 1. The van der Waals surface area contributed by atoms with Gasteiger partial charge in [0.15, 0.2) is 0 Å². The van der Waals surface area contributed by atoms with E-state index in [0.717, 1.165) is 22.8 Å². The number of carbonyl (C=O) groups excluding carboxylic acids is 1. The summed E-state index contributed by atoms with van der Waals surface area (Å²) in [5.41, 5.74) is 2.53. The molecule has 1 saturated heterocycles. The van der Waals surface area contributed by atoms with Gasteiger partial charge in [-0.3, -0.25) is 4.79 Å². The maximum atomic E-state index is 14.3. The van der Waals surface area contributed by atoms with Gasteiger partial charge in [0.25, 0.3) is 0 Å². The van der Waals surface area contributed by atoms with Crippen LogP contribution < -0.4 is 4.90 Å². The second kappa shape index (κ2) is 7.58. The molecule has 29 heavy (non-hydrogen) atoms. The Hall–Kier alpha value is -3.35. The van der Waals surface area contributed by atoms with E-state index < -0.39 is 11.6 Å². The lowest BCUT2D eigenvalue weighted by atomic mass is 9.97. The number of fused-ring (bicyclic) bond motifs is 1. The van der Waals surface area contributed by atoms with Gasteiger partial charge in [-0.15, -0.1) is 0 Å². The first-order valence-corrected chi connectivity index (χ1v) is 9.35. The molecule has 7 heteroatoms. The Kier molecular flexibility index (Phi) is 4.96. The maximum Gasteiger partial charge on any atom is 0.246 e. The van der Waals surface area contributed by atoms with Crippen LogP contribution in [0.1, 0.15) is 5.56 Å². The number of nitrogens with zero attached hydrogens (tertiary/aromatic N) is 4. The highest BCUT2D eigenvalue weighted by atomic mass is 19.1. The minimum atomic E-state index is -0.608. The van der Waals surface area contributed by atoms with E-state index in [1.807, 2.05) is 19.1 Å². The molecule has 0 bridgehead atoms. The lowest BCUT2D eigenvalue weighted by Crippen LogP contribution is -2.48.